The number of ether oxygens (including phenoxy) is 1. The highest BCUT2D eigenvalue weighted by molar-refractivity contribution is 9.10. The van der Waals surface area contributed by atoms with E-state index in [4.69, 9.17) is 0 Å². The molecule has 0 aliphatic rings. The van der Waals surface area contributed by atoms with Gasteiger partial charge in [0, 0.05) is 24.3 Å². The second-order valence-electron chi connectivity index (χ2n) is 4.38. The first kappa shape index (κ1) is 14.5. The molecule has 0 unspecified atom stereocenters. The third-order valence-electron chi connectivity index (χ3n) is 2.90. The second-order valence-corrected chi connectivity index (χ2v) is 5.29. The first-order valence-electron chi connectivity index (χ1n) is 6.10. The molecule has 0 saturated carbocycles. The molecule has 2 rings (SSSR count). The summed E-state index contributed by atoms with van der Waals surface area (Å²) >= 11 is 3.36. The molecule has 1 aromatic carbocycles. The minimum Gasteiger partial charge on any atom is -0.465 e. The van der Waals surface area contributed by atoms with E-state index in [2.05, 4.69) is 25.7 Å². The number of anilines is 1. The first-order chi connectivity index (χ1) is 9.60. The normalized spacial score (nSPS) is 10.2. The topological polar surface area (TPSA) is 42.4 Å². The van der Waals surface area contributed by atoms with Crippen molar-refractivity contribution in [1.82, 2.24) is 4.98 Å². The zero-order valence-corrected chi connectivity index (χ0v) is 12.9. The van der Waals surface area contributed by atoms with Crippen molar-refractivity contribution in [2.45, 2.75) is 6.54 Å². The van der Waals surface area contributed by atoms with Crippen molar-refractivity contribution < 1.29 is 9.53 Å². The summed E-state index contributed by atoms with van der Waals surface area (Å²) in [5.41, 5.74) is 1.66. The number of hydrogen-bond acceptors (Lipinski definition) is 4. The minimum absolute atomic E-state index is 0.320. The molecule has 104 valence electrons. The number of carbonyl (C=O) groups is 1. The van der Waals surface area contributed by atoms with Crippen molar-refractivity contribution in [1.29, 1.82) is 0 Å². The van der Waals surface area contributed by atoms with Gasteiger partial charge in [-0.05, 0) is 45.8 Å². The molecule has 1 heterocycles. The maximum Gasteiger partial charge on any atom is 0.337 e. The Bertz CT molecular complexity index is 582. The summed E-state index contributed by atoms with van der Waals surface area (Å²) in [5.74, 6) is 0.574. The van der Waals surface area contributed by atoms with Gasteiger partial charge in [-0.15, -0.1) is 0 Å². The number of benzene rings is 1. The van der Waals surface area contributed by atoms with Gasteiger partial charge in [-0.25, -0.2) is 9.78 Å². The third-order valence-corrected chi connectivity index (χ3v) is 3.37. The highest BCUT2D eigenvalue weighted by Gasteiger charge is 2.06. The number of esters is 1. The summed E-state index contributed by atoms with van der Waals surface area (Å²) in [7, 11) is 3.35. The van der Waals surface area contributed by atoms with E-state index in [0.29, 0.717) is 5.56 Å². The fourth-order valence-electron chi connectivity index (χ4n) is 1.81. The molecule has 0 N–H and O–H groups in total. The predicted molar refractivity (Wildman–Crippen MR) is 81.8 cm³/mol. The van der Waals surface area contributed by atoms with Gasteiger partial charge in [0.05, 0.1) is 12.7 Å². The van der Waals surface area contributed by atoms with Gasteiger partial charge in [-0.2, -0.15) is 0 Å². The third kappa shape index (κ3) is 3.57. The number of aromatic nitrogens is 1. The zero-order chi connectivity index (χ0) is 14.5. The molecule has 2 aromatic rings. The number of pyridine rings is 1. The van der Waals surface area contributed by atoms with E-state index >= 15 is 0 Å². The van der Waals surface area contributed by atoms with E-state index in [1.807, 2.05) is 36.2 Å². The first-order valence-corrected chi connectivity index (χ1v) is 6.89. The van der Waals surface area contributed by atoms with Crippen molar-refractivity contribution in [2.75, 3.05) is 19.1 Å². The monoisotopic (exact) mass is 334 g/mol. The molecule has 5 heteroatoms. The number of methoxy groups -OCH3 is 1. The zero-order valence-electron chi connectivity index (χ0n) is 11.3. The molecule has 0 amide bonds. The van der Waals surface area contributed by atoms with Crippen molar-refractivity contribution in [3.8, 4) is 0 Å². The lowest BCUT2D eigenvalue weighted by Gasteiger charge is -2.18. The van der Waals surface area contributed by atoms with Crippen molar-refractivity contribution in [3.05, 3.63) is 58.2 Å². The molecule has 0 fully saturated rings. The van der Waals surface area contributed by atoms with Gasteiger partial charge in [-0.1, -0.05) is 12.1 Å². The Balaban J connectivity index is 2.06. The number of rotatable bonds is 4. The second kappa shape index (κ2) is 6.52. The Morgan fingerprint density at radius 1 is 1.25 bits per heavy atom. The van der Waals surface area contributed by atoms with Crippen LogP contribution in [0.4, 0.5) is 5.82 Å². The molecule has 0 radical (unpaired) electrons. The minimum atomic E-state index is -0.320. The van der Waals surface area contributed by atoms with Gasteiger partial charge in [0.1, 0.15) is 5.82 Å². The van der Waals surface area contributed by atoms with Crippen molar-refractivity contribution >= 4 is 27.7 Å². The van der Waals surface area contributed by atoms with Gasteiger partial charge in [0.25, 0.3) is 0 Å². The number of carbonyl (C=O) groups excluding carboxylic acids is 1. The molecular formula is C15H15BrN2O2. The van der Waals surface area contributed by atoms with Gasteiger partial charge in [0.15, 0.2) is 0 Å². The quantitative estimate of drug-likeness (QED) is 0.805. The predicted octanol–water partition coefficient (Wildman–Crippen LogP) is 3.27. The Hall–Kier alpha value is -1.88. The highest BCUT2D eigenvalue weighted by atomic mass is 79.9. The summed E-state index contributed by atoms with van der Waals surface area (Å²) in [6.45, 7) is 0.718. The summed E-state index contributed by atoms with van der Waals surface area (Å²) in [4.78, 5) is 17.7. The van der Waals surface area contributed by atoms with Crippen LogP contribution < -0.4 is 4.90 Å². The van der Waals surface area contributed by atoms with Crippen LogP contribution in [0.1, 0.15) is 15.9 Å². The largest absolute Gasteiger partial charge is 0.465 e. The SMILES string of the molecule is COC(=O)c1ccc(CN(C)c2ccc(Br)cn2)cc1. The Kier molecular flexibility index (Phi) is 4.74. The average molecular weight is 335 g/mol. The van der Waals surface area contributed by atoms with E-state index in [-0.39, 0.29) is 5.97 Å². The van der Waals surface area contributed by atoms with Crippen molar-refractivity contribution in [3.63, 3.8) is 0 Å². The Labute approximate surface area is 126 Å². The Morgan fingerprint density at radius 3 is 2.50 bits per heavy atom. The lowest BCUT2D eigenvalue weighted by Crippen LogP contribution is -2.17. The van der Waals surface area contributed by atoms with Crippen molar-refractivity contribution in [2.24, 2.45) is 0 Å². The van der Waals surface area contributed by atoms with Crippen LogP contribution in [0.5, 0.6) is 0 Å². The van der Waals surface area contributed by atoms with Gasteiger partial charge >= 0.3 is 5.97 Å². The summed E-state index contributed by atoms with van der Waals surface area (Å²) in [6, 6.07) is 11.3. The van der Waals surface area contributed by atoms with Crippen LogP contribution in [-0.2, 0) is 11.3 Å². The molecule has 20 heavy (non-hydrogen) atoms. The fourth-order valence-corrected chi connectivity index (χ4v) is 2.05. The Morgan fingerprint density at radius 2 is 1.95 bits per heavy atom. The molecule has 0 bridgehead atoms. The van der Waals surface area contributed by atoms with E-state index in [1.165, 1.54) is 7.11 Å². The summed E-state index contributed by atoms with van der Waals surface area (Å²) in [6.07, 6.45) is 1.77. The summed E-state index contributed by atoms with van der Waals surface area (Å²) < 4.78 is 5.63. The van der Waals surface area contributed by atoms with Crippen LogP contribution in [-0.4, -0.2) is 25.1 Å². The molecule has 0 spiro atoms. The lowest BCUT2D eigenvalue weighted by molar-refractivity contribution is 0.0600. The fraction of sp³-hybridized carbons (Fsp3) is 0.200. The van der Waals surface area contributed by atoms with Crippen LogP contribution >= 0.6 is 15.9 Å². The standard InChI is InChI=1S/C15H15BrN2O2/c1-18(14-8-7-13(16)9-17-14)10-11-3-5-12(6-4-11)15(19)20-2/h3-9H,10H2,1-2H3. The molecule has 0 aliphatic heterocycles. The van der Waals surface area contributed by atoms with E-state index in [0.717, 1.165) is 22.4 Å². The maximum atomic E-state index is 11.4. The smallest absolute Gasteiger partial charge is 0.337 e. The van der Waals surface area contributed by atoms with E-state index in [1.54, 1.807) is 18.3 Å². The maximum absolute atomic E-state index is 11.4. The number of halogens is 1. The van der Waals surface area contributed by atoms with Crippen LogP contribution in [0.25, 0.3) is 0 Å². The van der Waals surface area contributed by atoms with E-state index < -0.39 is 0 Å². The molecule has 0 saturated heterocycles. The van der Waals surface area contributed by atoms with E-state index in [9.17, 15) is 4.79 Å². The van der Waals surface area contributed by atoms with Gasteiger partial charge < -0.3 is 9.64 Å². The lowest BCUT2D eigenvalue weighted by atomic mass is 10.1. The highest BCUT2D eigenvalue weighted by Crippen LogP contribution is 2.16. The summed E-state index contributed by atoms with van der Waals surface area (Å²) in [5, 5.41) is 0. The van der Waals surface area contributed by atoms with Crippen LogP contribution in [0.15, 0.2) is 47.1 Å². The molecule has 1 aromatic heterocycles. The van der Waals surface area contributed by atoms with Gasteiger partial charge in [0.2, 0.25) is 0 Å². The van der Waals surface area contributed by atoms with Gasteiger partial charge in [-0.3, -0.25) is 0 Å². The number of hydrogen-bond donors (Lipinski definition) is 0. The molecule has 0 atom stereocenters. The van der Waals surface area contributed by atoms with Crippen LogP contribution in [0, 0.1) is 0 Å². The molecule has 0 aliphatic carbocycles. The molecular weight excluding hydrogens is 320 g/mol. The average Bonchev–Trinajstić information content (AvgIpc) is 2.48. The molecule has 4 nitrogen and oxygen atoms in total. The van der Waals surface area contributed by atoms with Crippen LogP contribution in [0.3, 0.4) is 0 Å². The van der Waals surface area contributed by atoms with Crippen LogP contribution in [0.2, 0.25) is 0 Å². The number of nitrogens with zero attached hydrogens (tertiary/aromatic N) is 2.